The summed E-state index contributed by atoms with van der Waals surface area (Å²) in [4.78, 5) is 23.1. The molecule has 26 heavy (non-hydrogen) atoms. The van der Waals surface area contributed by atoms with Crippen LogP contribution >= 0.6 is 0 Å². The molecule has 1 saturated heterocycles. The van der Waals surface area contributed by atoms with E-state index in [1.165, 1.54) is 0 Å². The average molecular weight is 361 g/mol. The molecule has 3 N–H and O–H groups in total. The van der Waals surface area contributed by atoms with Crippen molar-refractivity contribution in [3.05, 3.63) is 23.8 Å². The van der Waals surface area contributed by atoms with Crippen molar-refractivity contribution in [3.8, 4) is 5.75 Å². The highest BCUT2D eigenvalue weighted by molar-refractivity contribution is 5.91. The number of carboxylic acids is 1. The predicted octanol–water partition coefficient (Wildman–Crippen LogP) is 1.89. The van der Waals surface area contributed by atoms with Crippen LogP contribution in [0.25, 0.3) is 0 Å². The molecule has 7 nitrogen and oxygen atoms in total. The molecule has 0 aromatic heterocycles. The van der Waals surface area contributed by atoms with E-state index in [4.69, 9.17) is 14.6 Å². The maximum absolute atomic E-state index is 12.1. The van der Waals surface area contributed by atoms with Crippen molar-refractivity contribution in [2.45, 2.75) is 56.3 Å². The van der Waals surface area contributed by atoms with E-state index in [1.807, 2.05) is 18.2 Å². The van der Waals surface area contributed by atoms with Gasteiger partial charge < -0.3 is 25.0 Å². The largest absolute Gasteiger partial charge is 0.487 e. The molecule has 1 aliphatic carbocycles. The van der Waals surface area contributed by atoms with Gasteiger partial charge in [-0.2, -0.15) is 0 Å². The molecular weight excluding hydrogens is 338 g/mol. The SMILES string of the molecule is O=C(O)C[C@@H]1C[C@H]2c3cc(NC(=O)CC4CC4)ccc3O[C@H]2[C@H](CO)O1. The third-order valence-electron chi connectivity index (χ3n) is 5.36. The van der Waals surface area contributed by atoms with Crippen LogP contribution in [0.5, 0.6) is 5.75 Å². The first-order valence-corrected chi connectivity index (χ1v) is 9.12. The van der Waals surface area contributed by atoms with Crippen LogP contribution in [0, 0.1) is 5.92 Å². The quantitative estimate of drug-likeness (QED) is 0.715. The number of carboxylic acid groups (broad SMARTS) is 1. The number of nitrogens with one attached hydrogen (secondary N) is 1. The Balaban J connectivity index is 1.52. The van der Waals surface area contributed by atoms with E-state index in [1.54, 1.807) is 0 Å². The van der Waals surface area contributed by atoms with E-state index in [0.717, 1.165) is 24.1 Å². The molecule has 0 spiro atoms. The normalized spacial score (nSPS) is 29.4. The number of aliphatic hydroxyl groups excluding tert-OH is 1. The van der Waals surface area contributed by atoms with E-state index in [-0.39, 0.29) is 31.0 Å². The topological polar surface area (TPSA) is 105 Å². The van der Waals surface area contributed by atoms with E-state index >= 15 is 0 Å². The van der Waals surface area contributed by atoms with Gasteiger partial charge in [-0.1, -0.05) is 0 Å². The van der Waals surface area contributed by atoms with Gasteiger partial charge >= 0.3 is 5.97 Å². The third kappa shape index (κ3) is 3.54. The summed E-state index contributed by atoms with van der Waals surface area (Å²) in [6, 6.07) is 5.54. The number of amides is 1. The second-order valence-corrected chi connectivity index (χ2v) is 7.45. The maximum Gasteiger partial charge on any atom is 0.305 e. The molecule has 2 aliphatic heterocycles. The van der Waals surface area contributed by atoms with Gasteiger partial charge in [-0.3, -0.25) is 9.59 Å². The van der Waals surface area contributed by atoms with Crippen molar-refractivity contribution >= 4 is 17.6 Å². The first kappa shape index (κ1) is 17.3. The monoisotopic (exact) mass is 361 g/mol. The van der Waals surface area contributed by atoms with Gasteiger partial charge in [-0.25, -0.2) is 0 Å². The number of aliphatic carboxylic acids is 1. The van der Waals surface area contributed by atoms with Crippen molar-refractivity contribution in [2.24, 2.45) is 5.92 Å². The lowest BCUT2D eigenvalue weighted by Crippen LogP contribution is -2.46. The van der Waals surface area contributed by atoms with E-state index < -0.39 is 18.2 Å². The zero-order valence-corrected chi connectivity index (χ0v) is 14.4. The predicted molar refractivity (Wildman–Crippen MR) is 92.2 cm³/mol. The molecule has 2 heterocycles. The molecule has 0 radical (unpaired) electrons. The zero-order chi connectivity index (χ0) is 18.3. The molecule has 140 valence electrons. The average Bonchev–Trinajstić information content (AvgIpc) is 3.33. The highest BCUT2D eigenvalue weighted by Gasteiger charge is 2.46. The summed E-state index contributed by atoms with van der Waals surface area (Å²) in [7, 11) is 0. The molecule has 0 unspecified atom stereocenters. The smallest absolute Gasteiger partial charge is 0.305 e. The van der Waals surface area contributed by atoms with Gasteiger partial charge in [0, 0.05) is 23.6 Å². The molecule has 4 atom stereocenters. The Morgan fingerprint density at radius 1 is 1.23 bits per heavy atom. The molecule has 1 aromatic carbocycles. The van der Waals surface area contributed by atoms with Crippen LogP contribution in [0.2, 0.25) is 0 Å². The lowest BCUT2D eigenvalue weighted by Gasteiger charge is -2.36. The minimum atomic E-state index is -0.926. The number of carbonyl (C=O) groups excluding carboxylic acids is 1. The number of fused-ring (bicyclic) bond motifs is 3. The fraction of sp³-hybridized carbons (Fsp3) is 0.579. The Morgan fingerprint density at radius 2 is 2.04 bits per heavy atom. The standard InChI is InChI=1S/C19H23NO6/c21-9-16-19-14(7-12(25-16)8-18(23)24)13-6-11(3-4-15(13)26-19)20-17(22)5-10-1-2-10/h3-4,6,10,12,14,16,19,21H,1-2,5,7-9H2,(H,20,22)(H,23,24)/t12-,14-,16-,19+/m0/s1. The Kier molecular flexibility index (Phi) is 4.58. The first-order valence-electron chi connectivity index (χ1n) is 9.12. The summed E-state index contributed by atoms with van der Waals surface area (Å²) < 4.78 is 11.7. The number of hydrogen-bond donors (Lipinski definition) is 3. The molecule has 1 amide bonds. The lowest BCUT2D eigenvalue weighted by atomic mass is 9.84. The van der Waals surface area contributed by atoms with Gasteiger partial charge in [-0.05, 0) is 43.4 Å². The minimum absolute atomic E-state index is 0.0203. The maximum atomic E-state index is 12.1. The van der Waals surface area contributed by atoms with Crippen LogP contribution in [0.4, 0.5) is 5.69 Å². The highest BCUT2D eigenvalue weighted by Crippen LogP contribution is 2.47. The second-order valence-electron chi connectivity index (χ2n) is 7.45. The van der Waals surface area contributed by atoms with Gasteiger partial charge in [0.25, 0.3) is 0 Å². The van der Waals surface area contributed by atoms with Gasteiger partial charge in [0.05, 0.1) is 19.1 Å². The molecule has 7 heteroatoms. The van der Waals surface area contributed by atoms with Crippen molar-refractivity contribution in [1.82, 2.24) is 0 Å². The molecular formula is C19H23NO6. The number of rotatable bonds is 6. The summed E-state index contributed by atoms with van der Waals surface area (Å²) in [5.74, 6) is 0.269. The van der Waals surface area contributed by atoms with Crippen LogP contribution in [0.3, 0.4) is 0 Å². The number of aliphatic hydroxyl groups is 1. The van der Waals surface area contributed by atoms with Crippen LogP contribution in [0.15, 0.2) is 18.2 Å². The summed E-state index contributed by atoms with van der Waals surface area (Å²) in [5, 5.41) is 21.6. The Bertz CT molecular complexity index is 716. The lowest BCUT2D eigenvalue weighted by molar-refractivity contribution is -0.153. The number of ether oxygens (including phenoxy) is 2. The number of hydrogen-bond acceptors (Lipinski definition) is 5. The summed E-state index contributed by atoms with van der Waals surface area (Å²) >= 11 is 0. The van der Waals surface area contributed by atoms with E-state index in [9.17, 15) is 14.7 Å². The fourth-order valence-electron chi connectivity index (χ4n) is 3.96. The molecule has 0 bridgehead atoms. The number of benzene rings is 1. The van der Waals surface area contributed by atoms with Crippen LogP contribution in [-0.4, -0.2) is 47.0 Å². The van der Waals surface area contributed by atoms with Gasteiger partial charge in [0.2, 0.25) is 5.91 Å². The van der Waals surface area contributed by atoms with Crippen molar-refractivity contribution in [3.63, 3.8) is 0 Å². The Morgan fingerprint density at radius 3 is 2.73 bits per heavy atom. The van der Waals surface area contributed by atoms with E-state index in [2.05, 4.69) is 5.32 Å². The van der Waals surface area contributed by atoms with Crippen LogP contribution in [-0.2, 0) is 14.3 Å². The van der Waals surface area contributed by atoms with Crippen LogP contribution in [0.1, 0.15) is 43.6 Å². The van der Waals surface area contributed by atoms with Gasteiger partial charge in [0.1, 0.15) is 18.0 Å². The molecule has 3 aliphatic rings. The van der Waals surface area contributed by atoms with Crippen molar-refractivity contribution in [2.75, 3.05) is 11.9 Å². The molecule has 2 fully saturated rings. The van der Waals surface area contributed by atoms with Gasteiger partial charge in [-0.15, -0.1) is 0 Å². The van der Waals surface area contributed by atoms with Gasteiger partial charge in [0.15, 0.2) is 0 Å². The van der Waals surface area contributed by atoms with Crippen molar-refractivity contribution in [1.29, 1.82) is 0 Å². The zero-order valence-electron chi connectivity index (χ0n) is 14.4. The molecule has 4 rings (SSSR count). The Labute approximate surface area is 151 Å². The number of carbonyl (C=O) groups is 2. The van der Waals surface area contributed by atoms with Crippen LogP contribution < -0.4 is 10.1 Å². The number of anilines is 1. The van der Waals surface area contributed by atoms with E-state index in [0.29, 0.717) is 24.5 Å². The highest BCUT2D eigenvalue weighted by atomic mass is 16.6. The second kappa shape index (κ2) is 6.89. The summed E-state index contributed by atoms with van der Waals surface area (Å²) in [6.45, 7) is -0.226. The first-order chi connectivity index (χ1) is 12.5. The third-order valence-corrected chi connectivity index (χ3v) is 5.36. The summed E-state index contributed by atoms with van der Waals surface area (Å²) in [5.41, 5.74) is 1.66. The fourth-order valence-corrected chi connectivity index (χ4v) is 3.96. The minimum Gasteiger partial charge on any atom is -0.487 e. The summed E-state index contributed by atoms with van der Waals surface area (Å²) in [6.07, 6.45) is 1.86. The molecule has 1 saturated carbocycles. The van der Waals surface area contributed by atoms with Crippen molar-refractivity contribution < 1.29 is 29.3 Å². The Hall–Kier alpha value is -2.12. The molecule has 1 aromatic rings.